The first-order valence-corrected chi connectivity index (χ1v) is 10.7. The van der Waals surface area contributed by atoms with E-state index in [2.05, 4.69) is 10.5 Å². The number of rotatable bonds is 10. The highest BCUT2D eigenvalue weighted by Gasteiger charge is 2.14. The Morgan fingerprint density at radius 2 is 1.62 bits per heavy atom. The lowest BCUT2D eigenvalue weighted by Gasteiger charge is -2.11. The third kappa shape index (κ3) is 6.35. The van der Waals surface area contributed by atoms with Gasteiger partial charge in [-0.1, -0.05) is 12.1 Å². The second kappa shape index (κ2) is 12.1. The third-order valence-electron chi connectivity index (χ3n) is 4.60. The van der Waals surface area contributed by atoms with Crippen LogP contribution in [0.2, 0.25) is 0 Å². The molecule has 176 valence electrons. The lowest BCUT2D eigenvalue weighted by molar-refractivity contribution is 0.0728. The van der Waals surface area contributed by atoms with Crippen LogP contribution in [0.4, 0.5) is 0 Å². The Balaban J connectivity index is 1.69. The molecule has 8 nitrogen and oxygen atoms in total. The minimum atomic E-state index is -0.519. The smallest absolute Gasteiger partial charge is 0.343 e. The number of carbonyl (C=O) groups excluding carboxylic acids is 2. The number of carbonyl (C=O) groups is 2. The van der Waals surface area contributed by atoms with Gasteiger partial charge < -0.3 is 18.9 Å². The highest BCUT2D eigenvalue weighted by molar-refractivity contribution is 5.97. The van der Waals surface area contributed by atoms with Crippen molar-refractivity contribution in [2.45, 2.75) is 13.8 Å². The Kier molecular flexibility index (Phi) is 8.62. The lowest BCUT2D eigenvalue weighted by atomic mass is 10.2. The van der Waals surface area contributed by atoms with Crippen molar-refractivity contribution in [1.82, 2.24) is 5.43 Å². The monoisotopic (exact) mass is 462 g/mol. The highest BCUT2D eigenvalue weighted by atomic mass is 16.6. The Hall–Kier alpha value is -4.33. The zero-order chi connectivity index (χ0) is 24.3. The summed E-state index contributed by atoms with van der Waals surface area (Å²) in [5, 5.41) is 4.00. The molecule has 1 amide bonds. The van der Waals surface area contributed by atoms with E-state index in [0.717, 1.165) is 0 Å². The quantitative estimate of drug-likeness (QED) is 0.207. The van der Waals surface area contributed by atoms with Crippen LogP contribution in [0.1, 0.15) is 40.1 Å². The number of hydrogen-bond acceptors (Lipinski definition) is 7. The fourth-order valence-corrected chi connectivity index (χ4v) is 3.03. The first-order chi connectivity index (χ1) is 16.5. The molecule has 0 bridgehead atoms. The largest absolute Gasteiger partial charge is 0.496 e. The number of esters is 1. The minimum absolute atomic E-state index is 0.274. The number of nitrogens with zero attached hydrogens (tertiary/aromatic N) is 1. The predicted octanol–water partition coefficient (Wildman–Crippen LogP) is 4.48. The van der Waals surface area contributed by atoms with Gasteiger partial charge in [-0.2, -0.15) is 5.10 Å². The molecule has 3 aromatic rings. The van der Waals surface area contributed by atoms with E-state index >= 15 is 0 Å². The molecule has 0 radical (unpaired) electrons. The van der Waals surface area contributed by atoms with Crippen LogP contribution < -0.4 is 24.4 Å². The Labute approximate surface area is 198 Å². The van der Waals surface area contributed by atoms with Gasteiger partial charge in [-0.15, -0.1) is 0 Å². The van der Waals surface area contributed by atoms with Gasteiger partial charge in [0.2, 0.25) is 0 Å². The average Bonchev–Trinajstić information content (AvgIpc) is 2.86. The van der Waals surface area contributed by atoms with E-state index in [1.54, 1.807) is 66.7 Å². The van der Waals surface area contributed by atoms with Crippen molar-refractivity contribution in [3.63, 3.8) is 0 Å². The van der Waals surface area contributed by atoms with Crippen LogP contribution in [0.25, 0.3) is 0 Å². The summed E-state index contributed by atoms with van der Waals surface area (Å²) in [5.74, 6) is 0.856. The summed E-state index contributed by atoms with van der Waals surface area (Å²) >= 11 is 0. The number of nitrogens with one attached hydrogen (secondary N) is 1. The SMILES string of the molecule is CCOc1ccc(C(=O)Oc2ccc(C=NNC(=O)c3ccccc3OC)cc2OCC)cc1. The molecule has 0 aliphatic rings. The summed E-state index contributed by atoms with van der Waals surface area (Å²) in [6.07, 6.45) is 1.47. The maximum Gasteiger partial charge on any atom is 0.343 e. The Morgan fingerprint density at radius 1 is 0.882 bits per heavy atom. The zero-order valence-corrected chi connectivity index (χ0v) is 19.2. The van der Waals surface area contributed by atoms with Gasteiger partial charge >= 0.3 is 5.97 Å². The van der Waals surface area contributed by atoms with E-state index < -0.39 is 11.9 Å². The molecule has 3 aromatic carbocycles. The first-order valence-electron chi connectivity index (χ1n) is 10.7. The number of para-hydroxylation sites is 1. The number of amides is 1. The molecule has 0 saturated heterocycles. The van der Waals surface area contributed by atoms with E-state index in [1.165, 1.54) is 13.3 Å². The van der Waals surface area contributed by atoms with E-state index in [1.807, 2.05) is 13.8 Å². The standard InChI is InChI=1S/C26H26N2O6/c1-4-32-20-13-11-19(12-14-20)26(30)34-23-15-10-18(16-24(23)33-5-2)17-27-28-25(29)21-8-6-7-9-22(21)31-3/h6-17H,4-5H2,1-3H3,(H,28,29). The van der Waals surface area contributed by atoms with E-state index in [9.17, 15) is 9.59 Å². The molecule has 3 rings (SSSR count). The molecule has 0 atom stereocenters. The third-order valence-corrected chi connectivity index (χ3v) is 4.60. The van der Waals surface area contributed by atoms with E-state index in [4.69, 9.17) is 18.9 Å². The maximum atomic E-state index is 12.6. The summed E-state index contributed by atoms with van der Waals surface area (Å²) in [6.45, 7) is 4.63. The molecular formula is C26H26N2O6. The number of ether oxygens (including phenoxy) is 4. The van der Waals surface area contributed by atoms with Crippen molar-refractivity contribution in [3.8, 4) is 23.0 Å². The normalized spacial score (nSPS) is 10.6. The van der Waals surface area contributed by atoms with Crippen LogP contribution in [0.3, 0.4) is 0 Å². The predicted molar refractivity (Wildman–Crippen MR) is 128 cm³/mol. The van der Waals surface area contributed by atoms with Crippen molar-refractivity contribution in [2.75, 3.05) is 20.3 Å². The summed E-state index contributed by atoms with van der Waals surface area (Å²) in [5.41, 5.74) is 3.87. The fourth-order valence-electron chi connectivity index (χ4n) is 3.03. The molecule has 0 spiro atoms. The zero-order valence-electron chi connectivity index (χ0n) is 19.2. The summed E-state index contributed by atoms with van der Waals surface area (Å²) in [6, 6.07) is 18.5. The van der Waals surface area contributed by atoms with Gasteiger partial charge in [-0.25, -0.2) is 10.2 Å². The number of benzene rings is 3. The topological polar surface area (TPSA) is 95.5 Å². The van der Waals surface area contributed by atoms with Gasteiger partial charge in [0.25, 0.3) is 5.91 Å². The van der Waals surface area contributed by atoms with E-state index in [0.29, 0.717) is 47.2 Å². The van der Waals surface area contributed by atoms with Gasteiger partial charge in [0.15, 0.2) is 11.5 Å². The van der Waals surface area contributed by atoms with Gasteiger partial charge in [0.05, 0.1) is 37.7 Å². The van der Waals surface area contributed by atoms with Crippen LogP contribution in [0.5, 0.6) is 23.0 Å². The van der Waals surface area contributed by atoms with Gasteiger partial charge in [0, 0.05) is 0 Å². The lowest BCUT2D eigenvalue weighted by Crippen LogP contribution is -2.18. The number of methoxy groups -OCH3 is 1. The van der Waals surface area contributed by atoms with Crippen molar-refractivity contribution in [3.05, 3.63) is 83.4 Å². The molecule has 0 fully saturated rings. The van der Waals surface area contributed by atoms with Crippen molar-refractivity contribution in [1.29, 1.82) is 0 Å². The van der Waals surface area contributed by atoms with Crippen molar-refractivity contribution in [2.24, 2.45) is 5.10 Å². The van der Waals surface area contributed by atoms with Crippen LogP contribution in [0.15, 0.2) is 71.8 Å². The summed E-state index contributed by atoms with van der Waals surface area (Å²) < 4.78 is 21.7. The van der Waals surface area contributed by atoms with E-state index in [-0.39, 0.29) is 5.75 Å². The second-order valence-electron chi connectivity index (χ2n) is 6.89. The Morgan fingerprint density at radius 3 is 2.32 bits per heavy atom. The van der Waals surface area contributed by atoms with Gasteiger partial charge in [-0.05, 0) is 74.0 Å². The van der Waals surface area contributed by atoms with Crippen molar-refractivity contribution >= 4 is 18.1 Å². The maximum absolute atomic E-state index is 12.6. The molecular weight excluding hydrogens is 436 g/mol. The number of hydrazone groups is 1. The van der Waals surface area contributed by atoms with Crippen LogP contribution in [0, 0.1) is 0 Å². The molecule has 0 saturated carbocycles. The molecule has 0 heterocycles. The molecule has 34 heavy (non-hydrogen) atoms. The minimum Gasteiger partial charge on any atom is -0.496 e. The van der Waals surface area contributed by atoms with Crippen LogP contribution in [-0.4, -0.2) is 38.4 Å². The highest BCUT2D eigenvalue weighted by Crippen LogP contribution is 2.29. The molecule has 8 heteroatoms. The number of hydrogen-bond donors (Lipinski definition) is 1. The molecule has 0 aliphatic carbocycles. The molecule has 0 aliphatic heterocycles. The van der Waals surface area contributed by atoms with Crippen molar-refractivity contribution < 1.29 is 28.5 Å². The van der Waals surface area contributed by atoms with Crippen LogP contribution in [-0.2, 0) is 0 Å². The summed E-state index contributed by atoms with van der Waals surface area (Å²) in [7, 11) is 1.49. The Bertz CT molecular complexity index is 1160. The molecule has 0 aromatic heterocycles. The van der Waals surface area contributed by atoms with Crippen LogP contribution >= 0.6 is 0 Å². The molecule has 0 unspecified atom stereocenters. The molecule has 1 N–H and O–H groups in total. The van der Waals surface area contributed by atoms with Gasteiger partial charge in [0.1, 0.15) is 11.5 Å². The first kappa shape index (κ1) is 24.3. The average molecular weight is 463 g/mol. The fraction of sp³-hybridized carbons (Fsp3) is 0.192. The van der Waals surface area contributed by atoms with Gasteiger partial charge in [-0.3, -0.25) is 4.79 Å². The second-order valence-corrected chi connectivity index (χ2v) is 6.89. The summed E-state index contributed by atoms with van der Waals surface area (Å²) in [4.78, 5) is 24.9.